The van der Waals surface area contributed by atoms with Crippen molar-refractivity contribution < 1.29 is 19.0 Å². The minimum atomic E-state index is -1.38. The summed E-state index contributed by atoms with van der Waals surface area (Å²) in [6.45, 7) is 2.02. The van der Waals surface area contributed by atoms with Crippen LogP contribution < -0.4 is 4.74 Å². The molecule has 0 aromatic heterocycles. The van der Waals surface area contributed by atoms with Gasteiger partial charge in [0.2, 0.25) is 0 Å². The molecule has 0 saturated carbocycles. The zero-order valence-electron chi connectivity index (χ0n) is 7.68. The lowest BCUT2D eigenvalue weighted by atomic mass is 10.2. The molecule has 3 nitrogen and oxygen atoms in total. The fraction of sp³-hybridized carbons (Fsp3) is 0.222. The molecule has 0 amide bonds. The van der Waals surface area contributed by atoms with Gasteiger partial charge in [0.25, 0.3) is 0 Å². The van der Waals surface area contributed by atoms with Crippen molar-refractivity contribution in [1.29, 1.82) is 0 Å². The largest absolute Gasteiger partial charge is 0.491 e. The van der Waals surface area contributed by atoms with Gasteiger partial charge in [-0.3, -0.25) is 0 Å². The van der Waals surface area contributed by atoms with E-state index < -0.39 is 17.3 Å². The number of carboxylic acid groups (broad SMARTS) is 1. The third kappa shape index (κ3) is 2.41. The molecular formula is C9H7BrClFO3. The molecular weight excluding hydrogens is 290 g/mol. The number of ether oxygens (including phenoxy) is 1. The monoisotopic (exact) mass is 296 g/mol. The Morgan fingerprint density at radius 2 is 2.33 bits per heavy atom. The van der Waals surface area contributed by atoms with Crippen LogP contribution >= 0.6 is 27.5 Å². The first-order chi connectivity index (χ1) is 6.99. The average molecular weight is 298 g/mol. The van der Waals surface area contributed by atoms with E-state index in [1.165, 1.54) is 0 Å². The van der Waals surface area contributed by atoms with Crippen molar-refractivity contribution in [2.24, 2.45) is 0 Å². The molecule has 0 unspecified atom stereocenters. The van der Waals surface area contributed by atoms with E-state index in [0.717, 1.165) is 6.07 Å². The van der Waals surface area contributed by atoms with E-state index in [9.17, 15) is 9.18 Å². The van der Waals surface area contributed by atoms with E-state index in [4.69, 9.17) is 21.4 Å². The quantitative estimate of drug-likeness (QED) is 0.870. The van der Waals surface area contributed by atoms with Gasteiger partial charge in [-0.25, -0.2) is 9.18 Å². The standard InChI is InChI=1S/C9H7BrClFO3/c1-2-15-8-5(10)3-4(9(13)14)7(12)6(8)11/h3H,2H2,1H3,(H,13,14). The molecule has 6 heteroatoms. The average Bonchev–Trinajstić information content (AvgIpc) is 2.18. The summed E-state index contributed by atoms with van der Waals surface area (Å²) in [4.78, 5) is 10.6. The molecule has 0 saturated heterocycles. The first-order valence-corrected chi connectivity index (χ1v) is 5.19. The molecule has 0 aliphatic heterocycles. The van der Waals surface area contributed by atoms with Crippen LogP contribution in [0.1, 0.15) is 17.3 Å². The minimum absolute atomic E-state index is 0.113. The third-order valence-electron chi connectivity index (χ3n) is 1.64. The van der Waals surface area contributed by atoms with Crippen molar-refractivity contribution >= 4 is 33.5 Å². The summed E-state index contributed by atoms with van der Waals surface area (Å²) in [5.41, 5.74) is -0.490. The Morgan fingerprint density at radius 3 is 2.80 bits per heavy atom. The van der Waals surface area contributed by atoms with Crippen molar-refractivity contribution in [3.63, 3.8) is 0 Å². The van der Waals surface area contributed by atoms with Crippen LogP contribution in [0.2, 0.25) is 5.02 Å². The van der Waals surface area contributed by atoms with Crippen LogP contribution in [0.5, 0.6) is 5.75 Å². The molecule has 0 fully saturated rings. The third-order valence-corrected chi connectivity index (χ3v) is 2.56. The van der Waals surface area contributed by atoms with Crippen molar-refractivity contribution in [2.75, 3.05) is 6.61 Å². The first-order valence-electron chi connectivity index (χ1n) is 4.02. The predicted molar refractivity (Wildman–Crippen MR) is 57.2 cm³/mol. The van der Waals surface area contributed by atoms with E-state index in [0.29, 0.717) is 11.1 Å². The van der Waals surface area contributed by atoms with E-state index in [1.54, 1.807) is 6.92 Å². The van der Waals surface area contributed by atoms with Gasteiger partial charge in [0.1, 0.15) is 5.02 Å². The van der Waals surface area contributed by atoms with Crippen molar-refractivity contribution in [3.8, 4) is 5.75 Å². The van der Waals surface area contributed by atoms with Gasteiger partial charge in [-0.05, 0) is 28.9 Å². The number of carboxylic acids is 1. The second kappa shape index (κ2) is 4.81. The van der Waals surface area contributed by atoms with Crippen molar-refractivity contribution in [1.82, 2.24) is 0 Å². The maximum absolute atomic E-state index is 13.4. The van der Waals surface area contributed by atoms with Gasteiger partial charge in [0, 0.05) is 0 Å². The van der Waals surface area contributed by atoms with Gasteiger partial charge in [-0.15, -0.1) is 0 Å². The summed E-state index contributed by atoms with van der Waals surface area (Å²) in [7, 11) is 0. The topological polar surface area (TPSA) is 46.5 Å². The Hall–Kier alpha value is -0.810. The van der Waals surface area contributed by atoms with E-state index >= 15 is 0 Å². The van der Waals surface area contributed by atoms with Crippen LogP contribution in [0.4, 0.5) is 4.39 Å². The lowest BCUT2D eigenvalue weighted by Crippen LogP contribution is -2.04. The molecule has 0 atom stereocenters. The molecule has 1 aromatic rings. The SMILES string of the molecule is CCOc1c(Br)cc(C(=O)O)c(F)c1Cl. The second-order valence-corrected chi connectivity index (χ2v) is 3.83. The fourth-order valence-electron chi connectivity index (χ4n) is 1.01. The van der Waals surface area contributed by atoms with Gasteiger partial charge >= 0.3 is 5.97 Å². The smallest absolute Gasteiger partial charge is 0.338 e. The Kier molecular flexibility index (Phi) is 3.93. The van der Waals surface area contributed by atoms with Gasteiger partial charge in [0.05, 0.1) is 16.6 Å². The van der Waals surface area contributed by atoms with Crippen LogP contribution in [0.15, 0.2) is 10.5 Å². The zero-order valence-corrected chi connectivity index (χ0v) is 10.0. The molecule has 15 heavy (non-hydrogen) atoms. The van der Waals surface area contributed by atoms with Gasteiger partial charge in [-0.1, -0.05) is 11.6 Å². The summed E-state index contributed by atoms with van der Waals surface area (Å²) in [5, 5.41) is 8.35. The molecule has 1 aromatic carbocycles. The molecule has 0 radical (unpaired) electrons. The Balaban J connectivity index is 3.37. The van der Waals surface area contributed by atoms with Gasteiger partial charge in [0.15, 0.2) is 11.6 Å². The number of benzene rings is 1. The highest BCUT2D eigenvalue weighted by molar-refractivity contribution is 9.10. The van der Waals surface area contributed by atoms with Crippen molar-refractivity contribution in [2.45, 2.75) is 6.92 Å². The molecule has 0 aliphatic carbocycles. The fourth-order valence-corrected chi connectivity index (χ4v) is 1.92. The molecule has 1 rings (SSSR count). The highest BCUT2D eigenvalue weighted by atomic mass is 79.9. The molecule has 1 N–H and O–H groups in total. The van der Waals surface area contributed by atoms with E-state index in [2.05, 4.69) is 15.9 Å². The van der Waals surface area contributed by atoms with Crippen LogP contribution in [-0.4, -0.2) is 17.7 Å². The molecule has 82 valence electrons. The van der Waals surface area contributed by atoms with Gasteiger partial charge < -0.3 is 9.84 Å². The number of rotatable bonds is 3. The van der Waals surface area contributed by atoms with Gasteiger partial charge in [-0.2, -0.15) is 0 Å². The number of hydrogen-bond acceptors (Lipinski definition) is 2. The number of aromatic carboxylic acids is 1. The molecule has 0 heterocycles. The summed E-state index contributed by atoms with van der Waals surface area (Å²) >= 11 is 8.70. The predicted octanol–water partition coefficient (Wildman–Crippen LogP) is 3.34. The summed E-state index contributed by atoms with van der Waals surface area (Å²) in [6.07, 6.45) is 0. The van der Waals surface area contributed by atoms with E-state index in [-0.39, 0.29) is 10.8 Å². The highest BCUT2D eigenvalue weighted by Gasteiger charge is 2.20. The molecule has 0 bridgehead atoms. The Labute approximate surface area is 98.9 Å². The maximum atomic E-state index is 13.4. The Morgan fingerprint density at radius 1 is 1.73 bits per heavy atom. The molecule has 0 aliphatic rings. The van der Waals surface area contributed by atoms with Crippen LogP contribution in [0, 0.1) is 5.82 Å². The van der Waals surface area contributed by atoms with Crippen LogP contribution in [-0.2, 0) is 0 Å². The minimum Gasteiger partial charge on any atom is -0.491 e. The molecule has 0 spiro atoms. The number of halogens is 3. The summed E-state index contributed by atoms with van der Waals surface area (Å²) in [5.74, 6) is -2.25. The zero-order chi connectivity index (χ0) is 11.6. The maximum Gasteiger partial charge on any atom is 0.338 e. The highest BCUT2D eigenvalue weighted by Crippen LogP contribution is 2.37. The van der Waals surface area contributed by atoms with Crippen LogP contribution in [0.3, 0.4) is 0 Å². The van der Waals surface area contributed by atoms with Crippen molar-refractivity contribution in [3.05, 3.63) is 26.9 Å². The van der Waals surface area contributed by atoms with E-state index in [1.807, 2.05) is 0 Å². The van der Waals surface area contributed by atoms with Crippen LogP contribution in [0.25, 0.3) is 0 Å². The lowest BCUT2D eigenvalue weighted by Gasteiger charge is -2.10. The Bertz CT molecular complexity index is 409. The lowest BCUT2D eigenvalue weighted by molar-refractivity contribution is 0.0691. The normalized spacial score (nSPS) is 10.1. The summed E-state index contributed by atoms with van der Waals surface area (Å²) < 4.78 is 18.8. The second-order valence-electron chi connectivity index (χ2n) is 2.60. The summed E-state index contributed by atoms with van der Waals surface area (Å²) in [6, 6.07) is 1.12. The number of carbonyl (C=O) groups is 1. The number of hydrogen-bond donors (Lipinski definition) is 1. The first kappa shape index (κ1) is 12.3.